The van der Waals surface area contributed by atoms with Crippen molar-refractivity contribution in [3.63, 3.8) is 0 Å². The number of nitrogens with one attached hydrogen (secondary N) is 2. The number of anilines is 1. The van der Waals surface area contributed by atoms with Crippen LogP contribution >= 0.6 is 23.2 Å². The van der Waals surface area contributed by atoms with Gasteiger partial charge in [-0.2, -0.15) is 5.10 Å². The highest BCUT2D eigenvalue weighted by Gasteiger charge is 2.27. The van der Waals surface area contributed by atoms with Gasteiger partial charge in [-0.1, -0.05) is 29.8 Å². The molecule has 2 N–H and O–H groups in total. The van der Waals surface area contributed by atoms with Crippen LogP contribution in [0.2, 0.25) is 10.0 Å². The molecule has 10 nitrogen and oxygen atoms in total. The van der Waals surface area contributed by atoms with Crippen LogP contribution in [0.15, 0.2) is 31.1 Å². The van der Waals surface area contributed by atoms with Crippen molar-refractivity contribution >= 4 is 46.1 Å². The third kappa shape index (κ3) is 4.89. The number of fused-ring (bicyclic) bond motifs is 1. The average Bonchev–Trinajstić information content (AvgIpc) is 3.25. The summed E-state index contributed by atoms with van der Waals surface area (Å²) in [4.78, 5) is 20.8. The van der Waals surface area contributed by atoms with Crippen LogP contribution in [0, 0.1) is 0 Å². The second-order valence-electron chi connectivity index (χ2n) is 7.59. The number of hydrogen-bond donors (Lipinski definition) is 2. The molecule has 1 amide bonds. The summed E-state index contributed by atoms with van der Waals surface area (Å²) in [5, 5.41) is 11.4. The number of rotatable bonds is 8. The summed E-state index contributed by atoms with van der Waals surface area (Å²) >= 11 is 13.0. The Bertz CT molecular complexity index is 1190. The van der Waals surface area contributed by atoms with Crippen LogP contribution in [0.4, 0.5) is 5.95 Å². The standard InChI is InChI=1S/C22H24Cl2N6O4/c1-4-19(31)27-13-5-6-34-11-15(13)29-22-25-9-16-14(28-22)8-26-30(16)10-12-20(23)17(32-2)7-18(33-3)21(12)24/h4,7-9,13,15H,1,5-6,10-11H2,2-3H3,(H,27,31)(H,25,28,29). The summed E-state index contributed by atoms with van der Waals surface area (Å²) in [5.74, 6) is 1.07. The lowest BCUT2D eigenvalue weighted by Crippen LogP contribution is -2.52. The Kier molecular flexibility index (Phi) is 7.40. The van der Waals surface area contributed by atoms with Gasteiger partial charge in [0, 0.05) is 18.2 Å². The molecule has 1 aromatic carbocycles. The molecule has 3 aromatic rings. The Labute approximate surface area is 206 Å². The Morgan fingerprint density at radius 2 is 2.00 bits per heavy atom. The molecule has 180 valence electrons. The van der Waals surface area contributed by atoms with Gasteiger partial charge in [0.2, 0.25) is 11.9 Å². The van der Waals surface area contributed by atoms with Crippen LogP contribution in [-0.2, 0) is 16.1 Å². The molecule has 4 rings (SSSR count). The summed E-state index contributed by atoms with van der Waals surface area (Å²) in [6.07, 6.45) is 5.22. The first-order valence-electron chi connectivity index (χ1n) is 10.5. The van der Waals surface area contributed by atoms with E-state index in [1.54, 1.807) is 23.1 Å². The number of halogens is 2. The molecule has 1 fully saturated rings. The molecule has 1 aliphatic rings. The number of nitrogens with zero attached hydrogens (tertiary/aromatic N) is 4. The topological polar surface area (TPSA) is 112 Å². The predicted octanol–water partition coefficient (Wildman–Crippen LogP) is 3.07. The van der Waals surface area contributed by atoms with Gasteiger partial charge in [0.15, 0.2) is 0 Å². The molecular weight excluding hydrogens is 483 g/mol. The van der Waals surface area contributed by atoms with Crippen molar-refractivity contribution in [2.75, 3.05) is 32.8 Å². The minimum atomic E-state index is -0.233. The van der Waals surface area contributed by atoms with Gasteiger partial charge in [-0.15, -0.1) is 0 Å². The van der Waals surface area contributed by atoms with Crippen molar-refractivity contribution in [1.29, 1.82) is 0 Å². The molecule has 0 spiro atoms. The van der Waals surface area contributed by atoms with Gasteiger partial charge in [-0.25, -0.2) is 9.97 Å². The third-order valence-corrected chi connectivity index (χ3v) is 6.38. The molecule has 34 heavy (non-hydrogen) atoms. The summed E-state index contributed by atoms with van der Waals surface area (Å²) in [5.41, 5.74) is 1.92. The molecule has 0 aliphatic carbocycles. The molecule has 1 saturated heterocycles. The summed E-state index contributed by atoms with van der Waals surface area (Å²) in [7, 11) is 3.05. The number of amides is 1. The predicted molar refractivity (Wildman–Crippen MR) is 129 cm³/mol. The smallest absolute Gasteiger partial charge is 0.243 e. The third-order valence-electron chi connectivity index (χ3n) is 5.55. The fourth-order valence-electron chi connectivity index (χ4n) is 3.75. The summed E-state index contributed by atoms with van der Waals surface area (Å²) < 4.78 is 17.9. The van der Waals surface area contributed by atoms with Crippen LogP contribution in [0.3, 0.4) is 0 Å². The minimum Gasteiger partial charge on any atom is -0.495 e. The Balaban J connectivity index is 1.57. The number of ether oxygens (including phenoxy) is 3. The van der Waals surface area contributed by atoms with Crippen LogP contribution in [0.25, 0.3) is 11.0 Å². The molecule has 2 atom stereocenters. The number of benzene rings is 1. The summed E-state index contributed by atoms with van der Waals surface area (Å²) in [6, 6.07) is 1.32. The molecular formula is C22H24Cl2N6O4. The molecule has 0 bridgehead atoms. The van der Waals surface area contributed by atoms with E-state index in [1.807, 2.05) is 0 Å². The number of carbonyl (C=O) groups is 1. The zero-order valence-electron chi connectivity index (χ0n) is 18.7. The van der Waals surface area contributed by atoms with Crippen LogP contribution in [0.5, 0.6) is 11.5 Å². The van der Waals surface area contributed by atoms with Crippen LogP contribution < -0.4 is 20.1 Å². The van der Waals surface area contributed by atoms with Gasteiger partial charge in [-0.3, -0.25) is 9.48 Å². The monoisotopic (exact) mass is 506 g/mol. The Morgan fingerprint density at radius 1 is 1.26 bits per heavy atom. The highest BCUT2D eigenvalue weighted by Crippen LogP contribution is 2.40. The van der Waals surface area contributed by atoms with Crippen LogP contribution in [0.1, 0.15) is 12.0 Å². The highest BCUT2D eigenvalue weighted by molar-refractivity contribution is 6.37. The maximum atomic E-state index is 11.8. The van der Waals surface area contributed by atoms with Gasteiger partial charge in [0.05, 0.1) is 61.9 Å². The lowest BCUT2D eigenvalue weighted by atomic mass is 10.0. The van der Waals surface area contributed by atoms with Gasteiger partial charge in [0.1, 0.15) is 22.5 Å². The molecule has 0 saturated carbocycles. The quantitative estimate of drug-likeness (QED) is 0.448. The van der Waals surface area contributed by atoms with E-state index < -0.39 is 0 Å². The Morgan fingerprint density at radius 3 is 2.68 bits per heavy atom. The van der Waals surface area contributed by atoms with E-state index >= 15 is 0 Å². The van der Waals surface area contributed by atoms with E-state index in [0.29, 0.717) is 63.7 Å². The van der Waals surface area contributed by atoms with Crippen molar-refractivity contribution < 1.29 is 19.0 Å². The molecule has 2 aromatic heterocycles. The van der Waals surface area contributed by atoms with Gasteiger partial charge >= 0.3 is 0 Å². The van der Waals surface area contributed by atoms with Crippen molar-refractivity contribution in [2.45, 2.75) is 25.0 Å². The zero-order valence-corrected chi connectivity index (χ0v) is 20.2. The first-order chi connectivity index (χ1) is 16.4. The van der Waals surface area contributed by atoms with E-state index in [0.717, 1.165) is 0 Å². The minimum absolute atomic E-state index is 0.131. The van der Waals surface area contributed by atoms with Crippen LogP contribution in [-0.4, -0.2) is 65.2 Å². The van der Waals surface area contributed by atoms with E-state index in [1.165, 1.54) is 20.3 Å². The lowest BCUT2D eigenvalue weighted by molar-refractivity contribution is -0.117. The fraction of sp³-hybridized carbons (Fsp3) is 0.364. The van der Waals surface area contributed by atoms with Crippen molar-refractivity contribution in [2.24, 2.45) is 0 Å². The lowest BCUT2D eigenvalue weighted by Gasteiger charge is -2.32. The van der Waals surface area contributed by atoms with Crippen molar-refractivity contribution in [3.8, 4) is 11.5 Å². The first-order valence-corrected chi connectivity index (χ1v) is 11.2. The van der Waals surface area contributed by atoms with Gasteiger partial charge in [0.25, 0.3) is 0 Å². The largest absolute Gasteiger partial charge is 0.495 e. The zero-order chi connectivity index (χ0) is 24.2. The number of hydrogen-bond acceptors (Lipinski definition) is 8. The second kappa shape index (κ2) is 10.5. The normalized spacial score (nSPS) is 17.9. The molecule has 0 radical (unpaired) electrons. The van der Waals surface area contributed by atoms with Gasteiger partial charge in [-0.05, 0) is 12.5 Å². The molecule has 1 aliphatic heterocycles. The van der Waals surface area contributed by atoms with E-state index in [4.69, 9.17) is 37.4 Å². The van der Waals surface area contributed by atoms with Crippen molar-refractivity contribution in [1.82, 2.24) is 25.1 Å². The molecule has 12 heteroatoms. The number of aromatic nitrogens is 4. The Hall–Kier alpha value is -3.08. The fourth-order valence-corrected chi connectivity index (χ4v) is 4.37. The number of carbonyl (C=O) groups excluding carboxylic acids is 1. The SMILES string of the molecule is C=CC(=O)NC1CCOCC1Nc1ncc2c(cnn2Cc2c(Cl)c(OC)cc(OC)c2Cl)n1. The van der Waals surface area contributed by atoms with E-state index in [9.17, 15) is 4.79 Å². The van der Waals surface area contributed by atoms with Gasteiger partial charge < -0.3 is 24.8 Å². The number of methoxy groups -OCH3 is 2. The maximum Gasteiger partial charge on any atom is 0.243 e. The second-order valence-corrected chi connectivity index (χ2v) is 8.34. The highest BCUT2D eigenvalue weighted by atomic mass is 35.5. The molecule has 3 heterocycles. The average molecular weight is 507 g/mol. The maximum absolute atomic E-state index is 11.8. The van der Waals surface area contributed by atoms with E-state index in [2.05, 4.69) is 32.3 Å². The first kappa shape index (κ1) is 24.1. The molecule has 2 unspecified atom stereocenters. The summed E-state index contributed by atoms with van der Waals surface area (Å²) in [6.45, 7) is 4.74. The van der Waals surface area contributed by atoms with Crippen molar-refractivity contribution in [3.05, 3.63) is 46.7 Å². The van der Waals surface area contributed by atoms with E-state index in [-0.39, 0.29) is 24.5 Å².